The summed E-state index contributed by atoms with van der Waals surface area (Å²) in [4.78, 5) is 2.29. The lowest BCUT2D eigenvalue weighted by Gasteiger charge is -2.21. The quantitative estimate of drug-likeness (QED) is 0.846. The number of hydrogen-bond acceptors (Lipinski definition) is 3. The molecular weight excluding hydrogens is 212 g/mol. The molecule has 1 atom stereocenters. The van der Waals surface area contributed by atoms with Crippen LogP contribution < -0.4 is 15.0 Å². The van der Waals surface area contributed by atoms with E-state index in [0.717, 1.165) is 12.3 Å². The molecule has 1 unspecified atom stereocenters. The van der Waals surface area contributed by atoms with Crippen LogP contribution in [0.2, 0.25) is 0 Å². The molecule has 2 rings (SSSR count). The van der Waals surface area contributed by atoms with Crippen molar-refractivity contribution >= 4 is 5.69 Å². The van der Waals surface area contributed by atoms with Crippen molar-refractivity contribution in [1.29, 1.82) is 0 Å². The molecule has 1 aromatic carbocycles. The van der Waals surface area contributed by atoms with E-state index in [-0.39, 0.29) is 0 Å². The third-order valence-electron chi connectivity index (χ3n) is 3.47. The fourth-order valence-corrected chi connectivity index (χ4v) is 2.33. The van der Waals surface area contributed by atoms with Crippen LogP contribution >= 0.6 is 0 Å². The molecule has 94 valence electrons. The Kier molecular flexibility index (Phi) is 4.26. The highest BCUT2D eigenvalue weighted by Crippen LogP contribution is 2.20. The number of ether oxygens (including phenoxy) is 1. The third kappa shape index (κ3) is 3.37. The lowest BCUT2D eigenvalue weighted by molar-refractivity contribution is 0.415. The van der Waals surface area contributed by atoms with Crippen molar-refractivity contribution in [3.8, 4) is 5.75 Å². The molecule has 0 bridgehead atoms. The molecule has 1 fully saturated rings. The molecule has 0 amide bonds. The van der Waals surface area contributed by atoms with Crippen molar-refractivity contribution in [1.82, 2.24) is 5.32 Å². The molecule has 0 aromatic heterocycles. The van der Waals surface area contributed by atoms with E-state index in [1.165, 1.54) is 31.5 Å². The monoisotopic (exact) mass is 234 g/mol. The fourth-order valence-electron chi connectivity index (χ4n) is 2.33. The van der Waals surface area contributed by atoms with Gasteiger partial charge in [0, 0.05) is 31.4 Å². The molecule has 0 radical (unpaired) electrons. The summed E-state index contributed by atoms with van der Waals surface area (Å²) >= 11 is 0. The van der Waals surface area contributed by atoms with E-state index in [2.05, 4.69) is 29.4 Å². The Hall–Kier alpha value is -1.22. The zero-order chi connectivity index (χ0) is 12.1. The Balaban J connectivity index is 1.87. The van der Waals surface area contributed by atoms with E-state index >= 15 is 0 Å². The van der Waals surface area contributed by atoms with Crippen molar-refractivity contribution in [2.45, 2.75) is 25.3 Å². The maximum atomic E-state index is 5.24. The van der Waals surface area contributed by atoms with Crippen molar-refractivity contribution < 1.29 is 4.74 Å². The van der Waals surface area contributed by atoms with Gasteiger partial charge in [0.05, 0.1) is 7.11 Å². The number of nitrogens with zero attached hydrogens (tertiary/aromatic N) is 1. The second-order valence-corrected chi connectivity index (χ2v) is 4.70. The number of nitrogens with one attached hydrogen (secondary N) is 1. The molecule has 17 heavy (non-hydrogen) atoms. The Morgan fingerprint density at radius 2 is 2.35 bits per heavy atom. The Bertz CT molecular complexity index is 348. The van der Waals surface area contributed by atoms with Crippen LogP contribution in [0.25, 0.3) is 0 Å². The zero-order valence-corrected chi connectivity index (χ0v) is 10.8. The molecule has 1 N–H and O–H groups in total. The molecule has 3 heteroatoms. The van der Waals surface area contributed by atoms with Gasteiger partial charge in [-0.3, -0.25) is 0 Å². The van der Waals surface area contributed by atoms with Crippen molar-refractivity contribution in [3.63, 3.8) is 0 Å². The first kappa shape index (κ1) is 12.2. The molecule has 1 saturated heterocycles. The fraction of sp³-hybridized carbons (Fsp3) is 0.571. The van der Waals surface area contributed by atoms with Crippen LogP contribution in [0.3, 0.4) is 0 Å². The van der Waals surface area contributed by atoms with Gasteiger partial charge in [-0.05, 0) is 37.9 Å². The van der Waals surface area contributed by atoms with E-state index in [1.807, 2.05) is 12.1 Å². The summed E-state index contributed by atoms with van der Waals surface area (Å²) in [5.74, 6) is 0.924. The maximum Gasteiger partial charge on any atom is 0.120 e. The number of hydrogen-bond donors (Lipinski definition) is 1. The molecule has 3 nitrogen and oxygen atoms in total. The minimum atomic E-state index is 0.711. The van der Waals surface area contributed by atoms with Gasteiger partial charge in [-0.15, -0.1) is 0 Å². The van der Waals surface area contributed by atoms with Crippen LogP contribution in [0, 0.1) is 0 Å². The molecule has 1 aliphatic rings. The van der Waals surface area contributed by atoms with E-state index in [0.29, 0.717) is 6.04 Å². The summed E-state index contributed by atoms with van der Waals surface area (Å²) in [6.45, 7) is 2.28. The van der Waals surface area contributed by atoms with E-state index in [1.54, 1.807) is 7.11 Å². The summed E-state index contributed by atoms with van der Waals surface area (Å²) in [5, 5.41) is 3.53. The van der Waals surface area contributed by atoms with E-state index in [4.69, 9.17) is 4.74 Å². The van der Waals surface area contributed by atoms with Gasteiger partial charge in [0.25, 0.3) is 0 Å². The number of methoxy groups -OCH3 is 1. The lowest BCUT2D eigenvalue weighted by atomic mass is 10.1. The Labute approximate surface area is 104 Å². The van der Waals surface area contributed by atoms with E-state index < -0.39 is 0 Å². The normalized spacial score (nSPS) is 19.3. The summed E-state index contributed by atoms with van der Waals surface area (Å²) in [5.41, 5.74) is 1.22. The Morgan fingerprint density at radius 3 is 3.06 bits per heavy atom. The molecule has 1 aliphatic heterocycles. The minimum Gasteiger partial charge on any atom is -0.497 e. The highest BCUT2D eigenvalue weighted by atomic mass is 16.5. The first-order valence-corrected chi connectivity index (χ1v) is 6.38. The standard InChI is InChI=1S/C14H22N2O/c1-16(10-8-12-5-4-9-15-12)13-6-3-7-14(11-13)17-2/h3,6-7,11-12,15H,4-5,8-10H2,1-2H3. The van der Waals surface area contributed by atoms with Gasteiger partial charge in [0.15, 0.2) is 0 Å². The zero-order valence-electron chi connectivity index (χ0n) is 10.8. The summed E-state index contributed by atoms with van der Waals surface area (Å²) in [6, 6.07) is 8.95. The van der Waals surface area contributed by atoms with Crippen LogP contribution in [0.5, 0.6) is 5.75 Å². The van der Waals surface area contributed by atoms with Gasteiger partial charge >= 0.3 is 0 Å². The smallest absolute Gasteiger partial charge is 0.120 e. The highest BCUT2D eigenvalue weighted by molar-refractivity contribution is 5.50. The van der Waals surface area contributed by atoms with Crippen LogP contribution in [0.4, 0.5) is 5.69 Å². The van der Waals surface area contributed by atoms with Gasteiger partial charge in [-0.2, -0.15) is 0 Å². The third-order valence-corrected chi connectivity index (χ3v) is 3.47. The van der Waals surface area contributed by atoms with Crippen molar-refractivity contribution in [3.05, 3.63) is 24.3 Å². The second-order valence-electron chi connectivity index (χ2n) is 4.70. The molecule has 0 aliphatic carbocycles. The van der Waals surface area contributed by atoms with Crippen LogP contribution in [-0.2, 0) is 0 Å². The first-order valence-electron chi connectivity index (χ1n) is 6.38. The first-order chi connectivity index (χ1) is 8.29. The second kappa shape index (κ2) is 5.92. The van der Waals surface area contributed by atoms with Gasteiger partial charge in [0.2, 0.25) is 0 Å². The van der Waals surface area contributed by atoms with Gasteiger partial charge in [-0.25, -0.2) is 0 Å². The number of rotatable bonds is 5. The summed E-state index contributed by atoms with van der Waals surface area (Å²) < 4.78 is 5.24. The molecular formula is C14H22N2O. The van der Waals surface area contributed by atoms with Gasteiger partial charge < -0.3 is 15.0 Å². The van der Waals surface area contributed by atoms with Gasteiger partial charge in [0.1, 0.15) is 5.75 Å². The van der Waals surface area contributed by atoms with Gasteiger partial charge in [-0.1, -0.05) is 6.07 Å². The average Bonchev–Trinajstić information content (AvgIpc) is 2.89. The van der Waals surface area contributed by atoms with Crippen LogP contribution in [-0.4, -0.2) is 33.3 Å². The van der Waals surface area contributed by atoms with Crippen molar-refractivity contribution in [2.75, 3.05) is 32.1 Å². The number of anilines is 1. The minimum absolute atomic E-state index is 0.711. The predicted octanol–water partition coefficient (Wildman–Crippen LogP) is 2.27. The van der Waals surface area contributed by atoms with E-state index in [9.17, 15) is 0 Å². The number of benzene rings is 1. The van der Waals surface area contributed by atoms with Crippen LogP contribution in [0.1, 0.15) is 19.3 Å². The molecule has 1 aromatic rings. The highest BCUT2D eigenvalue weighted by Gasteiger charge is 2.14. The summed E-state index contributed by atoms with van der Waals surface area (Å²) in [7, 11) is 3.85. The van der Waals surface area contributed by atoms with Crippen molar-refractivity contribution in [2.24, 2.45) is 0 Å². The summed E-state index contributed by atoms with van der Waals surface area (Å²) in [6.07, 6.45) is 3.87. The van der Waals surface area contributed by atoms with Crippen LogP contribution in [0.15, 0.2) is 24.3 Å². The maximum absolute atomic E-state index is 5.24. The average molecular weight is 234 g/mol. The Morgan fingerprint density at radius 1 is 1.47 bits per heavy atom. The largest absolute Gasteiger partial charge is 0.497 e. The molecule has 0 spiro atoms. The topological polar surface area (TPSA) is 24.5 Å². The SMILES string of the molecule is COc1cccc(N(C)CCC2CCCN2)c1. The lowest BCUT2D eigenvalue weighted by Crippen LogP contribution is -2.28. The molecule has 1 heterocycles. The predicted molar refractivity (Wildman–Crippen MR) is 71.9 cm³/mol. The molecule has 0 saturated carbocycles.